The average molecular weight is 236 g/mol. The Kier molecular flexibility index (Phi) is 4.67. The molecule has 0 spiro atoms. The van der Waals surface area contributed by atoms with Crippen LogP contribution in [0, 0.1) is 5.82 Å². The number of halogens is 2. The molecular weight excluding hydrogens is 225 g/mol. The highest BCUT2D eigenvalue weighted by Gasteiger charge is 2.08. The zero-order valence-electron chi connectivity index (χ0n) is 8.07. The van der Waals surface area contributed by atoms with E-state index in [-0.39, 0.29) is 24.3 Å². The molecule has 0 radical (unpaired) electrons. The first kappa shape index (κ1) is 12.1. The van der Waals surface area contributed by atoms with Crippen molar-refractivity contribution in [1.29, 1.82) is 0 Å². The number of methoxy groups -OCH3 is 1. The third-order valence-corrected chi connectivity index (χ3v) is 1.76. The van der Waals surface area contributed by atoms with Crippen LogP contribution >= 0.6 is 11.6 Å². The molecular formula is C8H11ClFN3O2. The normalized spacial score (nSPS) is 12.5. The molecule has 1 rings (SSSR count). The minimum Gasteiger partial charge on any atom is -0.389 e. The number of anilines is 1. The summed E-state index contributed by atoms with van der Waals surface area (Å²) in [5, 5.41) is 11.8. The van der Waals surface area contributed by atoms with Gasteiger partial charge in [0, 0.05) is 13.7 Å². The fraction of sp³-hybridized carbons (Fsp3) is 0.500. The molecule has 1 unspecified atom stereocenters. The number of aliphatic hydroxyl groups is 1. The van der Waals surface area contributed by atoms with Gasteiger partial charge in [-0.25, -0.2) is 9.37 Å². The Labute approximate surface area is 91.3 Å². The average Bonchev–Trinajstić information content (AvgIpc) is 2.20. The van der Waals surface area contributed by atoms with Crippen molar-refractivity contribution in [3.63, 3.8) is 0 Å². The zero-order valence-corrected chi connectivity index (χ0v) is 8.83. The van der Waals surface area contributed by atoms with Crippen molar-refractivity contribution in [2.75, 3.05) is 25.6 Å². The summed E-state index contributed by atoms with van der Waals surface area (Å²) < 4.78 is 17.8. The largest absolute Gasteiger partial charge is 0.389 e. The SMILES string of the molecule is COCC(O)CNc1nc(Cl)ncc1F. The quantitative estimate of drug-likeness (QED) is 0.735. The maximum absolute atomic E-state index is 13.0. The highest BCUT2D eigenvalue weighted by Crippen LogP contribution is 2.11. The third-order valence-electron chi connectivity index (χ3n) is 1.58. The summed E-state index contributed by atoms with van der Waals surface area (Å²) in [5.74, 6) is -0.658. The number of nitrogens with one attached hydrogen (secondary N) is 1. The van der Waals surface area contributed by atoms with Gasteiger partial charge >= 0.3 is 0 Å². The number of hydrogen-bond acceptors (Lipinski definition) is 5. The number of hydrogen-bond donors (Lipinski definition) is 2. The molecule has 0 aliphatic rings. The van der Waals surface area contributed by atoms with E-state index in [2.05, 4.69) is 15.3 Å². The van der Waals surface area contributed by atoms with Gasteiger partial charge in [-0.1, -0.05) is 0 Å². The maximum atomic E-state index is 13.0. The molecule has 0 aliphatic heterocycles. The summed E-state index contributed by atoms with van der Waals surface area (Å²) in [6.07, 6.45) is 0.225. The molecule has 0 saturated heterocycles. The van der Waals surface area contributed by atoms with E-state index in [1.807, 2.05) is 0 Å². The van der Waals surface area contributed by atoms with Crippen LogP contribution in [0.25, 0.3) is 0 Å². The molecule has 0 amide bonds. The summed E-state index contributed by atoms with van der Waals surface area (Å²) in [6.45, 7) is 0.283. The van der Waals surface area contributed by atoms with E-state index in [0.717, 1.165) is 6.20 Å². The van der Waals surface area contributed by atoms with Crippen molar-refractivity contribution in [1.82, 2.24) is 9.97 Å². The minimum atomic E-state index is -0.733. The van der Waals surface area contributed by atoms with Crippen LogP contribution in [-0.4, -0.2) is 41.4 Å². The summed E-state index contributed by atoms with van der Waals surface area (Å²) in [5.41, 5.74) is 0. The van der Waals surface area contributed by atoms with Crippen LogP contribution in [0.2, 0.25) is 5.28 Å². The first-order valence-corrected chi connectivity index (χ1v) is 4.60. The Hall–Kier alpha value is -0.980. The van der Waals surface area contributed by atoms with Gasteiger partial charge in [-0.2, -0.15) is 4.98 Å². The highest BCUT2D eigenvalue weighted by molar-refractivity contribution is 6.28. The van der Waals surface area contributed by atoms with Crippen LogP contribution in [0.4, 0.5) is 10.2 Å². The van der Waals surface area contributed by atoms with E-state index in [1.54, 1.807) is 0 Å². The smallest absolute Gasteiger partial charge is 0.224 e. The molecule has 7 heteroatoms. The maximum Gasteiger partial charge on any atom is 0.224 e. The van der Waals surface area contributed by atoms with Crippen LogP contribution in [-0.2, 0) is 4.74 Å². The predicted molar refractivity (Wildman–Crippen MR) is 53.4 cm³/mol. The molecule has 5 nitrogen and oxygen atoms in total. The Morgan fingerprint density at radius 3 is 3.13 bits per heavy atom. The van der Waals surface area contributed by atoms with Crippen LogP contribution in [0.5, 0.6) is 0 Å². The van der Waals surface area contributed by atoms with Crippen molar-refractivity contribution in [3.8, 4) is 0 Å². The number of ether oxygens (including phenoxy) is 1. The Bertz CT molecular complexity index is 327. The second kappa shape index (κ2) is 5.79. The zero-order chi connectivity index (χ0) is 11.3. The predicted octanol–water partition coefficient (Wildman–Crippen LogP) is 0.688. The van der Waals surface area contributed by atoms with Crippen LogP contribution in [0.1, 0.15) is 0 Å². The van der Waals surface area contributed by atoms with E-state index in [1.165, 1.54) is 7.11 Å². The van der Waals surface area contributed by atoms with Gasteiger partial charge in [0.2, 0.25) is 5.28 Å². The van der Waals surface area contributed by atoms with E-state index in [0.29, 0.717) is 0 Å². The topological polar surface area (TPSA) is 67.3 Å². The molecule has 0 saturated carbocycles. The van der Waals surface area contributed by atoms with Gasteiger partial charge in [-0.05, 0) is 11.6 Å². The van der Waals surface area contributed by atoms with Crippen molar-refractivity contribution >= 4 is 17.4 Å². The van der Waals surface area contributed by atoms with Gasteiger partial charge in [0.15, 0.2) is 11.6 Å². The van der Waals surface area contributed by atoms with Crippen molar-refractivity contribution in [2.45, 2.75) is 6.10 Å². The number of rotatable bonds is 5. The molecule has 2 N–H and O–H groups in total. The molecule has 1 atom stereocenters. The van der Waals surface area contributed by atoms with Crippen LogP contribution in [0.3, 0.4) is 0 Å². The Morgan fingerprint density at radius 1 is 1.73 bits per heavy atom. The first-order chi connectivity index (χ1) is 7.13. The molecule has 0 fully saturated rings. The van der Waals surface area contributed by atoms with Gasteiger partial charge < -0.3 is 15.2 Å². The number of aliphatic hydroxyl groups excluding tert-OH is 1. The molecule has 15 heavy (non-hydrogen) atoms. The lowest BCUT2D eigenvalue weighted by atomic mass is 10.4. The fourth-order valence-corrected chi connectivity index (χ4v) is 1.07. The lowest BCUT2D eigenvalue weighted by Crippen LogP contribution is -2.25. The Morgan fingerprint density at radius 2 is 2.47 bits per heavy atom. The standard InChI is InChI=1S/C8H11ClFN3O2/c1-15-4-5(14)2-11-7-6(10)3-12-8(9)13-7/h3,5,14H,2,4H2,1H3,(H,11,12,13). The monoisotopic (exact) mass is 235 g/mol. The fourth-order valence-electron chi connectivity index (χ4n) is 0.935. The van der Waals surface area contributed by atoms with Gasteiger partial charge in [0.05, 0.1) is 18.9 Å². The van der Waals surface area contributed by atoms with E-state index < -0.39 is 11.9 Å². The summed E-state index contributed by atoms with van der Waals surface area (Å²) >= 11 is 5.48. The van der Waals surface area contributed by atoms with Crippen LogP contribution in [0.15, 0.2) is 6.20 Å². The van der Waals surface area contributed by atoms with Gasteiger partial charge in [-0.15, -0.1) is 0 Å². The first-order valence-electron chi connectivity index (χ1n) is 4.22. The van der Waals surface area contributed by atoms with Gasteiger partial charge in [0.25, 0.3) is 0 Å². The van der Waals surface area contributed by atoms with Crippen molar-refractivity contribution < 1.29 is 14.2 Å². The summed E-state index contributed by atoms with van der Waals surface area (Å²) in [6, 6.07) is 0. The molecule has 1 aromatic heterocycles. The molecule has 84 valence electrons. The van der Waals surface area contributed by atoms with Crippen LogP contribution < -0.4 is 5.32 Å². The second-order valence-electron chi connectivity index (χ2n) is 2.83. The summed E-state index contributed by atoms with van der Waals surface area (Å²) in [7, 11) is 1.46. The lowest BCUT2D eigenvalue weighted by molar-refractivity contribution is 0.0726. The minimum absolute atomic E-state index is 0.0369. The third kappa shape index (κ3) is 3.94. The Balaban J connectivity index is 2.53. The second-order valence-corrected chi connectivity index (χ2v) is 3.16. The molecule has 0 aromatic carbocycles. The summed E-state index contributed by atoms with van der Waals surface area (Å²) in [4.78, 5) is 7.08. The van der Waals surface area contributed by atoms with Crippen molar-refractivity contribution in [3.05, 3.63) is 17.3 Å². The molecule has 0 bridgehead atoms. The molecule has 1 heterocycles. The number of nitrogens with zero attached hydrogens (tertiary/aromatic N) is 2. The molecule has 0 aliphatic carbocycles. The molecule has 1 aromatic rings. The highest BCUT2D eigenvalue weighted by atomic mass is 35.5. The lowest BCUT2D eigenvalue weighted by Gasteiger charge is -2.11. The van der Waals surface area contributed by atoms with E-state index >= 15 is 0 Å². The van der Waals surface area contributed by atoms with Gasteiger partial charge in [0.1, 0.15) is 0 Å². The van der Waals surface area contributed by atoms with E-state index in [4.69, 9.17) is 16.3 Å². The van der Waals surface area contributed by atoms with Gasteiger partial charge in [-0.3, -0.25) is 0 Å². The van der Waals surface area contributed by atoms with E-state index in [9.17, 15) is 9.50 Å². The number of aromatic nitrogens is 2. The van der Waals surface area contributed by atoms with Crippen molar-refractivity contribution in [2.24, 2.45) is 0 Å².